The van der Waals surface area contributed by atoms with E-state index in [2.05, 4.69) is 0 Å². The Balaban J connectivity index is 2.61. The summed E-state index contributed by atoms with van der Waals surface area (Å²) in [6.07, 6.45) is 0.622. The fourth-order valence-electron chi connectivity index (χ4n) is 1.70. The van der Waals surface area contributed by atoms with Crippen LogP contribution in [0.4, 0.5) is 4.39 Å². The van der Waals surface area contributed by atoms with Gasteiger partial charge in [0.25, 0.3) is 0 Å². The van der Waals surface area contributed by atoms with E-state index >= 15 is 0 Å². The fourth-order valence-corrected chi connectivity index (χ4v) is 2.92. The molecule has 0 spiro atoms. The largest absolute Gasteiger partial charge is 0.327 e. The van der Waals surface area contributed by atoms with Gasteiger partial charge >= 0.3 is 0 Å². The first-order valence-electron chi connectivity index (χ1n) is 6.66. The van der Waals surface area contributed by atoms with E-state index in [-0.39, 0.29) is 17.6 Å². The van der Waals surface area contributed by atoms with Crippen LogP contribution in [0.1, 0.15) is 25.8 Å². The Morgan fingerprint density at radius 3 is 2.30 bits per heavy atom. The van der Waals surface area contributed by atoms with Crippen LogP contribution in [-0.4, -0.2) is 32.4 Å². The van der Waals surface area contributed by atoms with E-state index < -0.39 is 10.0 Å². The SMILES string of the molecule is CC(C)C(N)CCN(C)S(=O)(=O)Cc1ccc(F)cc1. The minimum Gasteiger partial charge on any atom is -0.327 e. The molecule has 4 nitrogen and oxygen atoms in total. The second-order valence-corrected chi connectivity index (χ2v) is 7.48. The molecule has 0 saturated heterocycles. The highest BCUT2D eigenvalue weighted by atomic mass is 32.2. The van der Waals surface area contributed by atoms with E-state index in [4.69, 9.17) is 5.73 Å². The predicted molar refractivity (Wildman–Crippen MR) is 79.1 cm³/mol. The van der Waals surface area contributed by atoms with Crippen molar-refractivity contribution in [1.82, 2.24) is 4.31 Å². The Bertz CT molecular complexity index is 514. The van der Waals surface area contributed by atoms with Crippen LogP contribution in [-0.2, 0) is 15.8 Å². The number of sulfonamides is 1. The minimum absolute atomic E-state index is 0.0153. The highest BCUT2D eigenvalue weighted by Crippen LogP contribution is 2.12. The molecule has 1 aromatic rings. The highest BCUT2D eigenvalue weighted by Gasteiger charge is 2.19. The fraction of sp³-hybridized carbons (Fsp3) is 0.571. The molecule has 0 aliphatic carbocycles. The molecule has 0 saturated carbocycles. The van der Waals surface area contributed by atoms with E-state index in [0.29, 0.717) is 24.4 Å². The van der Waals surface area contributed by atoms with Crippen molar-refractivity contribution in [2.24, 2.45) is 11.7 Å². The topological polar surface area (TPSA) is 63.4 Å². The Hall–Kier alpha value is -0.980. The van der Waals surface area contributed by atoms with E-state index in [1.807, 2.05) is 13.8 Å². The number of rotatable bonds is 7. The van der Waals surface area contributed by atoms with Crippen molar-refractivity contribution in [2.75, 3.05) is 13.6 Å². The summed E-state index contributed by atoms with van der Waals surface area (Å²) in [7, 11) is -1.84. The molecule has 0 aromatic heterocycles. The van der Waals surface area contributed by atoms with Crippen LogP contribution in [0, 0.1) is 11.7 Å². The zero-order valence-electron chi connectivity index (χ0n) is 12.2. The summed E-state index contributed by atoms with van der Waals surface area (Å²) in [4.78, 5) is 0. The maximum atomic E-state index is 12.8. The Labute approximate surface area is 120 Å². The number of nitrogens with two attached hydrogens (primary N) is 1. The van der Waals surface area contributed by atoms with Crippen molar-refractivity contribution in [2.45, 2.75) is 32.1 Å². The summed E-state index contributed by atoms with van der Waals surface area (Å²) < 4.78 is 38.4. The third kappa shape index (κ3) is 5.19. The second kappa shape index (κ2) is 7.15. The van der Waals surface area contributed by atoms with Crippen LogP contribution in [0.25, 0.3) is 0 Å². The van der Waals surface area contributed by atoms with Crippen LogP contribution >= 0.6 is 0 Å². The number of hydrogen-bond acceptors (Lipinski definition) is 3. The lowest BCUT2D eigenvalue weighted by Gasteiger charge is -2.21. The van der Waals surface area contributed by atoms with Crippen LogP contribution in [0.5, 0.6) is 0 Å². The molecule has 2 N–H and O–H groups in total. The zero-order chi connectivity index (χ0) is 15.3. The zero-order valence-corrected chi connectivity index (χ0v) is 13.0. The van der Waals surface area contributed by atoms with Gasteiger partial charge < -0.3 is 5.73 Å². The third-order valence-corrected chi connectivity index (χ3v) is 5.20. The molecule has 6 heteroatoms. The minimum atomic E-state index is -3.39. The number of halogens is 1. The Morgan fingerprint density at radius 2 is 1.80 bits per heavy atom. The maximum Gasteiger partial charge on any atom is 0.218 e. The molecule has 0 fully saturated rings. The van der Waals surface area contributed by atoms with Crippen LogP contribution in [0.15, 0.2) is 24.3 Å². The molecule has 0 amide bonds. The van der Waals surface area contributed by atoms with Gasteiger partial charge in [-0.1, -0.05) is 26.0 Å². The number of benzene rings is 1. The predicted octanol–water partition coefficient (Wildman–Crippen LogP) is 1.96. The van der Waals surface area contributed by atoms with Gasteiger partial charge in [0, 0.05) is 19.6 Å². The van der Waals surface area contributed by atoms with Crippen molar-refractivity contribution in [3.63, 3.8) is 0 Å². The third-order valence-electron chi connectivity index (χ3n) is 3.37. The first kappa shape index (κ1) is 17.1. The molecule has 1 unspecified atom stereocenters. The van der Waals surface area contributed by atoms with Crippen molar-refractivity contribution in [1.29, 1.82) is 0 Å². The van der Waals surface area contributed by atoms with Crippen molar-refractivity contribution >= 4 is 10.0 Å². The Morgan fingerprint density at radius 1 is 1.25 bits per heavy atom. The van der Waals surface area contributed by atoms with E-state index in [9.17, 15) is 12.8 Å². The van der Waals surface area contributed by atoms with Gasteiger partial charge in [0.05, 0.1) is 5.75 Å². The van der Waals surface area contributed by atoms with Gasteiger partial charge in [-0.05, 0) is 30.0 Å². The molecule has 1 atom stereocenters. The lowest BCUT2D eigenvalue weighted by molar-refractivity contribution is 0.397. The average molecular weight is 302 g/mol. The lowest BCUT2D eigenvalue weighted by Crippen LogP contribution is -2.35. The average Bonchev–Trinajstić information content (AvgIpc) is 2.37. The molecule has 114 valence electrons. The molecular weight excluding hydrogens is 279 g/mol. The van der Waals surface area contributed by atoms with Crippen molar-refractivity contribution in [3.05, 3.63) is 35.6 Å². The molecule has 0 heterocycles. The van der Waals surface area contributed by atoms with Crippen LogP contribution in [0.2, 0.25) is 0 Å². The van der Waals surface area contributed by atoms with Crippen molar-refractivity contribution in [3.8, 4) is 0 Å². The van der Waals surface area contributed by atoms with Gasteiger partial charge in [-0.2, -0.15) is 0 Å². The van der Waals surface area contributed by atoms with Gasteiger partial charge in [-0.15, -0.1) is 0 Å². The van der Waals surface area contributed by atoms with E-state index in [0.717, 1.165) is 0 Å². The van der Waals surface area contributed by atoms with E-state index in [1.165, 1.54) is 28.6 Å². The standard InChI is InChI=1S/C14H23FN2O2S/c1-11(2)14(16)8-9-17(3)20(18,19)10-12-4-6-13(15)7-5-12/h4-7,11,14H,8-10,16H2,1-3H3. The van der Waals surface area contributed by atoms with Gasteiger partial charge in [0.15, 0.2) is 0 Å². The number of hydrogen-bond donors (Lipinski definition) is 1. The van der Waals surface area contributed by atoms with Crippen LogP contribution < -0.4 is 5.73 Å². The van der Waals surface area contributed by atoms with Gasteiger partial charge in [0.2, 0.25) is 10.0 Å². The summed E-state index contributed by atoms with van der Waals surface area (Å²) in [5, 5.41) is 0. The van der Waals surface area contributed by atoms with E-state index in [1.54, 1.807) is 7.05 Å². The molecule has 1 rings (SSSR count). The van der Waals surface area contributed by atoms with Gasteiger partial charge in [-0.25, -0.2) is 17.1 Å². The molecule has 0 aliphatic rings. The number of nitrogens with zero attached hydrogens (tertiary/aromatic N) is 1. The maximum absolute atomic E-state index is 12.8. The summed E-state index contributed by atoms with van der Waals surface area (Å²) in [5.41, 5.74) is 6.49. The monoisotopic (exact) mass is 302 g/mol. The molecule has 0 radical (unpaired) electrons. The quantitative estimate of drug-likeness (QED) is 0.837. The van der Waals surface area contributed by atoms with Gasteiger partial charge in [0.1, 0.15) is 5.82 Å². The smallest absolute Gasteiger partial charge is 0.218 e. The second-order valence-electron chi connectivity index (χ2n) is 5.40. The summed E-state index contributed by atoms with van der Waals surface area (Å²) in [6, 6.07) is 5.48. The summed E-state index contributed by atoms with van der Waals surface area (Å²) >= 11 is 0. The lowest BCUT2D eigenvalue weighted by atomic mass is 10.0. The first-order valence-corrected chi connectivity index (χ1v) is 8.27. The Kier molecular flexibility index (Phi) is 6.10. The molecular formula is C14H23FN2O2S. The molecule has 20 heavy (non-hydrogen) atoms. The highest BCUT2D eigenvalue weighted by molar-refractivity contribution is 7.88. The van der Waals surface area contributed by atoms with Crippen LogP contribution in [0.3, 0.4) is 0 Å². The summed E-state index contributed by atoms with van der Waals surface area (Å²) in [5.74, 6) is -0.175. The van der Waals surface area contributed by atoms with Crippen molar-refractivity contribution < 1.29 is 12.8 Å². The molecule has 0 bridgehead atoms. The van der Waals surface area contributed by atoms with Gasteiger partial charge in [-0.3, -0.25) is 0 Å². The molecule has 1 aromatic carbocycles. The first-order chi connectivity index (χ1) is 9.22. The molecule has 0 aliphatic heterocycles. The summed E-state index contributed by atoms with van der Waals surface area (Å²) in [6.45, 7) is 4.41. The normalized spacial score (nSPS) is 13.9.